The molecule has 1 aliphatic carbocycles. The molecule has 1 fully saturated rings. The van der Waals surface area contributed by atoms with Crippen LogP contribution in [-0.2, 0) is 0 Å². The fourth-order valence-electron chi connectivity index (χ4n) is 2.01. The fourth-order valence-corrected chi connectivity index (χ4v) is 3.22. The molecule has 4 heteroatoms. The summed E-state index contributed by atoms with van der Waals surface area (Å²) < 4.78 is 5.74. The summed E-state index contributed by atoms with van der Waals surface area (Å²) in [6.07, 6.45) is 2.79. The summed E-state index contributed by atoms with van der Waals surface area (Å²) in [6, 6.07) is 16.0. The Kier molecular flexibility index (Phi) is 4.73. The smallest absolute Gasteiger partial charge is 0.119 e. The molecule has 0 aromatic heterocycles. The van der Waals surface area contributed by atoms with Crippen LogP contribution >= 0.6 is 23.4 Å². The van der Waals surface area contributed by atoms with Gasteiger partial charge < -0.3 is 10.5 Å². The lowest BCUT2D eigenvalue weighted by Crippen LogP contribution is -2.12. The molecule has 2 N–H and O–H groups in total. The third-order valence-electron chi connectivity index (χ3n) is 3.36. The third kappa shape index (κ3) is 4.40. The minimum atomic E-state index is 0.00366. The molecule has 1 atom stereocenters. The predicted molar refractivity (Wildman–Crippen MR) is 89.2 cm³/mol. The van der Waals surface area contributed by atoms with Gasteiger partial charge in [0, 0.05) is 21.7 Å². The lowest BCUT2D eigenvalue weighted by atomic mass is 10.1. The van der Waals surface area contributed by atoms with Crippen molar-refractivity contribution < 1.29 is 4.74 Å². The van der Waals surface area contributed by atoms with Crippen LogP contribution in [-0.4, -0.2) is 11.9 Å². The molecule has 1 aliphatic rings. The van der Waals surface area contributed by atoms with Crippen molar-refractivity contribution in [2.45, 2.75) is 29.9 Å². The molecule has 0 radical (unpaired) electrons. The van der Waals surface area contributed by atoms with Gasteiger partial charge in [-0.15, -0.1) is 11.8 Å². The summed E-state index contributed by atoms with van der Waals surface area (Å²) in [5.41, 5.74) is 7.38. The summed E-state index contributed by atoms with van der Waals surface area (Å²) in [5, 5.41) is 0.759. The first-order valence-electron chi connectivity index (χ1n) is 7.11. The molecule has 1 saturated carbocycles. The Hall–Kier alpha value is -1.16. The number of rotatable bonds is 6. The van der Waals surface area contributed by atoms with Gasteiger partial charge in [-0.25, -0.2) is 0 Å². The van der Waals surface area contributed by atoms with Gasteiger partial charge in [-0.2, -0.15) is 0 Å². The summed E-state index contributed by atoms with van der Waals surface area (Å²) in [5.74, 6) is 1.76. The Balaban J connectivity index is 1.55. The van der Waals surface area contributed by atoms with Gasteiger partial charge in [-0.3, -0.25) is 0 Å². The number of benzene rings is 2. The highest BCUT2D eigenvalue weighted by Crippen LogP contribution is 2.29. The highest BCUT2D eigenvalue weighted by molar-refractivity contribution is 7.99. The number of halogens is 1. The van der Waals surface area contributed by atoms with E-state index >= 15 is 0 Å². The molecule has 0 spiro atoms. The molecule has 110 valence electrons. The van der Waals surface area contributed by atoms with Gasteiger partial charge in [-0.05, 0) is 48.7 Å². The Morgan fingerprint density at radius 3 is 2.62 bits per heavy atom. The van der Waals surface area contributed by atoms with Crippen LogP contribution in [0.5, 0.6) is 5.75 Å². The molecule has 0 bridgehead atoms. The van der Waals surface area contributed by atoms with E-state index < -0.39 is 0 Å². The van der Waals surface area contributed by atoms with Crippen molar-refractivity contribution in [3.63, 3.8) is 0 Å². The second-order valence-electron chi connectivity index (χ2n) is 5.26. The normalized spacial score (nSPS) is 15.7. The monoisotopic (exact) mass is 319 g/mol. The lowest BCUT2D eigenvalue weighted by Gasteiger charge is -2.13. The zero-order chi connectivity index (χ0) is 14.7. The molecule has 1 unspecified atom stereocenters. The molecule has 21 heavy (non-hydrogen) atoms. The maximum absolute atomic E-state index is 6.25. The van der Waals surface area contributed by atoms with Gasteiger partial charge in [0.25, 0.3) is 0 Å². The van der Waals surface area contributed by atoms with Crippen LogP contribution in [0.1, 0.15) is 24.4 Å². The van der Waals surface area contributed by atoms with Crippen LogP contribution in [0.4, 0.5) is 0 Å². The Morgan fingerprint density at radius 1 is 1.19 bits per heavy atom. The van der Waals surface area contributed by atoms with Gasteiger partial charge in [0.15, 0.2) is 0 Å². The summed E-state index contributed by atoms with van der Waals surface area (Å²) >= 11 is 7.70. The number of thioether (sulfide) groups is 1. The van der Waals surface area contributed by atoms with Gasteiger partial charge in [0.2, 0.25) is 0 Å². The molecule has 3 rings (SSSR count). The molecule has 0 aliphatic heterocycles. The summed E-state index contributed by atoms with van der Waals surface area (Å²) in [6.45, 7) is 0. The van der Waals surface area contributed by atoms with E-state index in [4.69, 9.17) is 22.1 Å². The molecule has 2 nitrogen and oxygen atoms in total. The van der Waals surface area contributed by atoms with E-state index in [-0.39, 0.29) is 6.04 Å². The molecular weight excluding hydrogens is 302 g/mol. The highest BCUT2D eigenvalue weighted by Gasteiger charge is 2.23. The van der Waals surface area contributed by atoms with Crippen LogP contribution in [0.2, 0.25) is 5.02 Å². The van der Waals surface area contributed by atoms with E-state index in [1.165, 1.54) is 12.8 Å². The van der Waals surface area contributed by atoms with Gasteiger partial charge in [0.05, 0.1) is 6.10 Å². The summed E-state index contributed by atoms with van der Waals surface area (Å²) in [7, 11) is 0. The zero-order valence-electron chi connectivity index (χ0n) is 11.7. The molecule has 0 heterocycles. The molecule has 2 aromatic rings. The van der Waals surface area contributed by atoms with Crippen molar-refractivity contribution >= 4 is 23.4 Å². The van der Waals surface area contributed by atoms with Crippen molar-refractivity contribution in [3.8, 4) is 5.75 Å². The van der Waals surface area contributed by atoms with Crippen molar-refractivity contribution in [2.24, 2.45) is 5.73 Å². The number of hydrogen-bond donors (Lipinski definition) is 1. The molecule has 0 saturated heterocycles. The second kappa shape index (κ2) is 6.73. The lowest BCUT2D eigenvalue weighted by molar-refractivity contribution is 0.303. The molecular formula is C17H18ClNOS. The van der Waals surface area contributed by atoms with E-state index in [0.29, 0.717) is 6.10 Å². The quantitative estimate of drug-likeness (QED) is 0.786. The van der Waals surface area contributed by atoms with Crippen LogP contribution < -0.4 is 10.5 Å². The maximum atomic E-state index is 6.25. The van der Waals surface area contributed by atoms with Gasteiger partial charge >= 0.3 is 0 Å². The number of ether oxygens (including phenoxy) is 1. The third-order valence-corrected chi connectivity index (χ3v) is 4.71. The van der Waals surface area contributed by atoms with Crippen molar-refractivity contribution in [1.82, 2.24) is 0 Å². The topological polar surface area (TPSA) is 35.2 Å². The largest absolute Gasteiger partial charge is 0.490 e. The molecule has 2 aromatic carbocycles. The fraction of sp³-hybridized carbons (Fsp3) is 0.294. The van der Waals surface area contributed by atoms with E-state index in [1.807, 2.05) is 30.3 Å². The SMILES string of the molecule is NC(CSc1cccc(Cl)c1)c1ccc(OC2CC2)cc1. The second-order valence-corrected chi connectivity index (χ2v) is 6.79. The maximum Gasteiger partial charge on any atom is 0.119 e. The first-order chi connectivity index (χ1) is 10.2. The summed E-state index contributed by atoms with van der Waals surface area (Å²) in [4.78, 5) is 1.15. The van der Waals surface area contributed by atoms with Gasteiger partial charge in [0.1, 0.15) is 5.75 Å². The van der Waals surface area contributed by atoms with Gasteiger partial charge in [-0.1, -0.05) is 29.8 Å². The van der Waals surface area contributed by atoms with Crippen LogP contribution in [0.25, 0.3) is 0 Å². The average molecular weight is 320 g/mol. The minimum absolute atomic E-state index is 0.00366. The van der Waals surface area contributed by atoms with E-state index in [0.717, 1.165) is 27.0 Å². The van der Waals surface area contributed by atoms with Crippen LogP contribution in [0, 0.1) is 0 Å². The van der Waals surface area contributed by atoms with Crippen molar-refractivity contribution in [1.29, 1.82) is 0 Å². The van der Waals surface area contributed by atoms with Crippen LogP contribution in [0.15, 0.2) is 53.4 Å². The van der Waals surface area contributed by atoms with E-state index in [2.05, 4.69) is 18.2 Å². The minimum Gasteiger partial charge on any atom is -0.490 e. The van der Waals surface area contributed by atoms with E-state index in [9.17, 15) is 0 Å². The Bertz CT molecular complexity index is 598. The highest BCUT2D eigenvalue weighted by atomic mass is 35.5. The number of nitrogens with two attached hydrogens (primary N) is 1. The first-order valence-corrected chi connectivity index (χ1v) is 8.47. The molecule has 0 amide bonds. The van der Waals surface area contributed by atoms with E-state index in [1.54, 1.807) is 11.8 Å². The Labute approximate surface area is 134 Å². The van der Waals surface area contributed by atoms with Crippen LogP contribution in [0.3, 0.4) is 0 Å². The predicted octanol–water partition coefficient (Wildman–Crippen LogP) is 4.67. The number of hydrogen-bond acceptors (Lipinski definition) is 3. The standard InChI is InChI=1S/C17H18ClNOS/c18-13-2-1-3-16(10-13)21-11-17(19)12-4-6-14(7-5-12)20-15-8-9-15/h1-7,10,15,17H,8-9,11,19H2. The average Bonchev–Trinajstić information content (AvgIpc) is 3.30. The zero-order valence-corrected chi connectivity index (χ0v) is 13.2. The van der Waals surface area contributed by atoms with Crippen molar-refractivity contribution in [3.05, 3.63) is 59.1 Å². The van der Waals surface area contributed by atoms with Crippen molar-refractivity contribution in [2.75, 3.05) is 5.75 Å². The Morgan fingerprint density at radius 2 is 1.95 bits per heavy atom. The first kappa shape index (κ1) is 14.8.